The highest BCUT2D eigenvalue weighted by Gasteiger charge is 2.35. The second kappa shape index (κ2) is 11.1. The third kappa shape index (κ3) is 5.92. The van der Waals surface area contributed by atoms with E-state index in [1.807, 2.05) is 19.9 Å². The summed E-state index contributed by atoms with van der Waals surface area (Å²) in [6.07, 6.45) is 1.69. The summed E-state index contributed by atoms with van der Waals surface area (Å²) < 4.78 is 17.7. The molecule has 0 spiro atoms. The van der Waals surface area contributed by atoms with Crippen molar-refractivity contribution in [1.82, 2.24) is 4.90 Å². The van der Waals surface area contributed by atoms with Crippen LogP contribution in [-0.2, 0) is 4.79 Å². The van der Waals surface area contributed by atoms with Crippen LogP contribution in [0, 0.1) is 6.92 Å². The first-order chi connectivity index (χ1) is 15.7. The Balaban J connectivity index is 1.73. The molecule has 0 saturated carbocycles. The first-order valence-electron chi connectivity index (χ1n) is 10.7. The minimum atomic E-state index is -0.332. The summed E-state index contributed by atoms with van der Waals surface area (Å²) in [6.45, 7) is 9.02. The van der Waals surface area contributed by atoms with Crippen LogP contribution in [-0.4, -0.2) is 42.9 Å². The maximum atomic E-state index is 12.9. The van der Waals surface area contributed by atoms with Gasteiger partial charge in [0.1, 0.15) is 12.4 Å². The molecule has 33 heavy (non-hydrogen) atoms. The summed E-state index contributed by atoms with van der Waals surface area (Å²) >= 11 is 4.43. The van der Waals surface area contributed by atoms with Crippen LogP contribution in [0.4, 0.5) is 4.79 Å². The molecule has 0 unspecified atom stereocenters. The molecule has 176 valence electrons. The molecule has 3 rings (SSSR count). The zero-order valence-corrected chi connectivity index (χ0v) is 21.8. The number of hydrogen-bond donors (Lipinski definition) is 0. The van der Waals surface area contributed by atoms with Crippen LogP contribution < -0.4 is 14.2 Å². The fraction of sp³-hybridized carbons (Fsp3) is 0.360. The van der Waals surface area contributed by atoms with E-state index in [9.17, 15) is 9.59 Å². The van der Waals surface area contributed by atoms with Crippen LogP contribution in [0.5, 0.6) is 17.2 Å². The number of thioether (sulfide) groups is 1. The highest BCUT2D eigenvalue weighted by atomic mass is 79.9. The molecule has 8 heteroatoms. The van der Waals surface area contributed by atoms with Crippen molar-refractivity contribution in [3.63, 3.8) is 0 Å². The quantitative estimate of drug-likeness (QED) is 0.347. The summed E-state index contributed by atoms with van der Waals surface area (Å²) in [5, 5.41) is -0.308. The van der Waals surface area contributed by atoms with Gasteiger partial charge in [0.15, 0.2) is 11.5 Å². The molecule has 2 amide bonds. The Hall–Kier alpha value is -2.45. The first kappa shape index (κ1) is 25.2. The van der Waals surface area contributed by atoms with Gasteiger partial charge in [-0.3, -0.25) is 14.5 Å². The van der Waals surface area contributed by atoms with Crippen LogP contribution in [0.15, 0.2) is 39.7 Å². The lowest BCUT2D eigenvalue weighted by molar-refractivity contribution is -0.123. The molecular formula is C25H28BrNO5S. The van der Waals surface area contributed by atoms with E-state index in [2.05, 4.69) is 41.9 Å². The normalized spacial score (nSPS) is 15.0. The fourth-order valence-corrected chi connectivity index (χ4v) is 4.71. The van der Waals surface area contributed by atoms with Crippen molar-refractivity contribution in [1.29, 1.82) is 0 Å². The number of amides is 2. The van der Waals surface area contributed by atoms with E-state index in [0.29, 0.717) is 28.9 Å². The topological polar surface area (TPSA) is 65.1 Å². The molecule has 2 aromatic carbocycles. The molecule has 0 aromatic heterocycles. The zero-order chi connectivity index (χ0) is 24.1. The number of halogens is 1. The van der Waals surface area contributed by atoms with Crippen LogP contribution in [0.3, 0.4) is 0 Å². The van der Waals surface area contributed by atoms with Gasteiger partial charge in [0, 0.05) is 4.47 Å². The monoisotopic (exact) mass is 533 g/mol. The van der Waals surface area contributed by atoms with Gasteiger partial charge in [-0.2, -0.15) is 0 Å². The van der Waals surface area contributed by atoms with Crippen molar-refractivity contribution in [3.05, 3.63) is 56.4 Å². The third-order valence-electron chi connectivity index (χ3n) is 5.11. The number of imide groups is 1. The molecular weight excluding hydrogens is 506 g/mol. The Kier molecular flexibility index (Phi) is 8.48. The summed E-state index contributed by atoms with van der Waals surface area (Å²) in [5.41, 5.74) is 2.92. The zero-order valence-electron chi connectivity index (χ0n) is 19.4. The van der Waals surface area contributed by atoms with E-state index >= 15 is 0 Å². The average molecular weight is 534 g/mol. The highest BCUT2D eigenvalue weighted by molar-refractivity contribution is 9.10. The average Bonchev–Trinajstić information content (AvgIpc) is 3.03. The van der Waals surface area contributed by atoms with E-state index < -0.39 is 0 Å². The molecule has 0 aliphatic carbocycles. The number of hydrogen-bond acceptors (Lipinski definition) is 6. The first-order valence-corrected chi connectivity index (χ1v) is 12.3. The van der Waals surface area contributed by atoms with Crippen molar-refractivity contribution in [3.8, 4) is 17.2 Å². The molecule has 1 saturated heterocycles. The van der Waals surface area contributed by atoms with Gasteiger partial charge in [-0.1, -0.05) is 41.9 Å². The number of ether oxygens (including phenoxy) is 3. The van der Waals surface area contributed by atoms with E-state index in [-0.39, 0.29) is 24.3 Å². The lowest BCUT2D eigenvalue weighted by Crippen LogP contribution is -2.32. The van der Waals surface area contributed by atoms with Gasteiger partial charge in [-0.05, 0) is 72.5 Å². The van der Waals surface area contributed by atoms with E-state index in [1.165, 1.54) is 4.90 Å². The van der Waals surface area contributed by atoms with Crippen molar-refractivity contribution in [2.24, 2.45) is 0 Å². The number of nitrogens with zero attached hydrogens (tertiary/aromatic N) is 1. The molecule has 6 nitrogen and oxygen atoms in total. The Labute approximate surface area is 207 Å². The van der Waals surface area contributed by atoms with Gasteiger partial charge in [-0.15, -0.1) is 0 Å². The van der Waals surface area contributed by atoms with Gasteiger partial charge >= 0.3 is 0 Å². The lowest BCUT2D eigenvalue weighted by atomic mass is 10.0. The maximum absolute atomic E-state index is 12.9. The second-order valence-corrected chi connectivity index (χ2v) is 9.68. The summed E-state index contributed by atoms with van der Waals surface area (Å²) in [5.74, 6) is 1.93. The molecule has 2 aromatic rings. The predicted molar refractivity (Wildman–Crippen MR) is 135 cm³/mol. The predicted octanol–water partition coefficient (Wildman–Crippen LogP) is 6.40. The molecule has 1 heterocycles. The van der Waals surface area contributed by atoms with E-state index in [1.54, 1.807) is 25.3 Å². The highest BCUT2D eigenvalue weighted by Crippen LogP contribution is 2.38. The number of aryl methyl sites for hydroxylation is 1. The molecule has 0 atom stereocenters. The van der Waals surface area contributed by atoms with Crippen LogP contribution >= 0.6 is 27.7 Å². The lowest BCUT2D eigenvalue weighted by Gasteiger charge is -2.17. The minimum absolute atomic E-state index is 0.182. The van der Waals surface area contributed by atoms with Crippen molar-refractivity contribution in [2.45, 2.75) is 33.6 Å². The standard InChI is InChI=1S/C25H28BrNO5S/c1-6-31-22-14-19(26)17(12-21(22)30-5)13-23-24(28)27(25(29)33-23)9-10-32-20-11-16(4)7-8-18(20)15(2)3/h7-8,11-15H,6,9-10H2,1-5H3/b23-13-. The SMILES string of the molecule is CCOc1cc(Br)c(/C=C2\SC(=O)N(CCOc3cc(C)ccc3C(C)C)C2=O)cc1OC. The molecule has 1 aliphatic heterocycles. The van der Waals surface area contributed by atoms with Gasteiger partial charge < -0.3 is 14.2 Å². The van der Waals surface area contributed by atoms with E-state index in [4.69, 9.17) is 14.2 Å². The Bertz CT molecular complexity index is 1080. The number of rotatable bonds is 9. The molecule has 1 fully saturated rings. The van der Waals surface area contributed by atoms with Crippen LogP contribution in [0.25, 0.3) is 6.08 Å². The maximum Gasteiger partial charge on any atom is 0.293 e. The summed E-state index contributed by atoms with van der Waals surface area (Å²) in [7, 11) is 1.56. The smallest absolute Gasteiger partial charge is 0.293 e. The number of benzene rings is 2. The minimum Gasteiger partial charge on any atom is -0.493 e. The second-order valence-electron chi connectivity index (χ2n) is 7.84. The summed E-state index contributed by atoms with van der Waals surface area (Å²) in [4.78, 5) is 27.0. The van der Waals surface area contributed by atoms with E-state index in [0.717, 1.165) is 38.7 Å². The fourth-order valence-electron chi connectivity index (χ4n) is 3.41. The molecule has 0 radical (unpaired) electrons. The number of carbonyl (C=O) groups is 2. The Morgan fingerprint density at radius 2 is 1.85 bits per heavy atom. The van der Waals surface area contributed by atoms with Gasteiger partial charge in [0.25, 0.3) is 11.1 Å². The van der Waals surface area contributed by atoms with Crippen LogP contribution in [0.2, 0.25) is 0 Å². The van der Waals surface area contributed by atoms with Crippen molar-refractivity contribution in [2.75, 3.05) is 26.9 Å². The largest absolute Gasteiger partial charge is 0.493 e. The van der Waals surface area contributed by atoms with Gasteiger partial charge in [0.2, 0.25) is 0 Å². The molecule has 0 bridgehead atoms. The Morgan fingerprint density at radius 3 is 2.52 bits per heavy atom. The van der Waals surface area contributed by atoms with Crippen LogP contribution in [0.1, 0.15) is 43.4 Å². The molecule has 0 N–H and O–H groups in total. The molecule has 1 aliphatic rings. The summed E-state index contributed by atoms with van der Waals surface area (Å²) in [6, 6.07) is 9.66. The number of carbonyl (C=O) groups excluding carboxylic acids is 2. The van der Waals surface area contributed by atoms with Gasteiger partial charge in [0.05, 0.1) is 25.2 Å². The third-order valence-corrected chi connectivity index (χ3v) is 6.70. The van der Waals surface area contributed by atoms with Crippen molar-refractivity contribution >= 4 is 44.9 Å². The van der Waals surface area contributed by atoms with Gasteiger partial charge in [-0.25, -0.2) is 0 Å². The Morgan fingerprint density at radius 1 is 1.09 bits per heavy atom. The van der Waals surface area contributed by atoms with Crippen molar-refractivity contribution < 1.29 is 23.8 Å². The number of methoxy groups -OCH3 is 1.